The fourth-order valence-electron chi connectivity index (χ4n) is 1.82. The van der Waals surface area contributed by atoms with Gasteiger partial charge in [0.1, 0.15) is 0 Å². The molecular formula is C8H16O2S. The SMILES string of the molecule is CC1CC(C(C)C)S(=O)(=O)C1. The Morgan fingerprint density at radius 3 is 2.09 bits per heavy atom. The normalized spacial score (nSPS) is 36.4. The smallest absolute Gasteiger partial charge is 0.153 e. The zero-order valence-electron chi connectivity index (χ0n) is 7.37. The minimum atomic E-state index is -2.74. The molecule has 0 N–H and O–H groups in total. The van der Waals surface area contributed by atoms with Crippen LogP contribution in [-0.4, -0.2) is 19.4 Å². The average molecular weight is 176 g/mol. The average Bonchev–Trinajstić information content (AvgIpc) is 2.04. The van der Waals surface area contributed by atoms with Crippen LogP contribution >= 0.6 is 0 Å². The molecule has 3 heteroatoms. The molecule has 1 aliphatic heterocycles. The molecule has 2 nitrogen and oxygen atoms in total. The van der Waals surface area contributed by atoms with Crippen LogP contribution in [0.15, 0.2) is 0 Å². The van der Waals surface area contributed by atoms with Crippen LogP contribution in [0.4, 0.5) is 0 Å². The van der Waals surface area contributed by atoms with Crippen molar-refractivity contribution < 1.29 is 8.42 Å². The Morgan fingerprint density at radius 2 is 1.91 bits per heavy atom. The Morgan fingerprint density at radius 1 is 1.36 bits per heavy atom. The molecule has 0 saturated carbocycles. The zero-order valence-corrected chi connectivity index (χ0v) is 8.19. The van der Waals surface area contributed by atoms with E-state index in [-0.39, 0.29) is 11.2 Å². The van der Waals surface area contributed by atoms with Gasteiger partial charge in [-0.15, -0.1) is 0 Å². The first-order valence-corrected chi connectivity index (χ1v) is 5.86. The van der Waals surface area contributed by atoms with Gasteiger partial charge in [-0.25, -0.2) is 8.42 Å². The minimum absolute atomic E-state index is 0.0718. The van der Waals surface area contributed by atoms with Gasteiger partial charge >= 0.3 is 0 Å². The molecule has 0 aromatic heterocycles. The van der Waals surface area contributed by atoms with Gasteiger partial charge in [-0.2, -0.15) is 0 Å². The Kier molecular flexibility index (Phi) is 2.28. The number of hydrogen-bond donors (Lipinski definition) is 0. The lowest BCUT2D eigenvalue weighted by Gasteiger charge is -2.12. The van der Waals surface area contributed by atoms with Crippen LogP contribution in [-0.2, 0) is 9.84 Å². The first kappa shape index (κ1) is 9.04. The maximum Gasteiger partial charge on any atom is 0.153 e. The van der Waals surface area contributed by atoms with Crippen LogP contribution < -0.4 is 0 Å². The molecule has 2 atom stereocenters. The lowest BCUT2D eigenvalue weighted by atomic mass is 10.0. The van der Waals surface area contributed by atoms with E-state index in [0.717, 1.165) is 6.42 Å². The maximum absolute atomic E-state index is 11.4. The third-order valence-electron chi connectivity index (χ3n) is 2.36. The molecule has 66 valence electrons. The zero-order chi connectivity index (χ0) is 8.65. The first-order valence-electron chi connectivity index (χ1n) is 4.15. The standard InChI is InChI=1S/C8H16O2S/c1-6(2)8-4-7(3)5-11(8,9)10/h6-8H,4-5H2,1-3H3. The van der Waals surface area contributed by atoms with E-state index in [2.05, 4.69) is 0 Å². The Bertz CT molecular complexity index is 228. The molecule has 1 aliphatic rings. The minimum Gasteiger partial charge on any atom is -0.229 e. The summed E-state index contributed by atoms with van der Waals surface area (Å²) in [6.45, 7) is 5.99. The van der Waals surface area contributed by atoms with Crippen molar-refractivity contribution in [2.45, 2.75) is 32.4 Å². The molecule has 0 spiro atoms. The van der Waals surface area contributed by atoms with Crippen LogP contribution in [0, 0.1) is 11.8 Å². The second-order valence-corrected chi connectivity index (χ2v) is 6.22. The summed E-state index contributed by atoms with van der Waals surface area (Å²) in [5, 5.41) is -0.0718. The van der Waals surface area contributed by atoms with E-state index in [0.29, 0.717) is 11.7 Å². The lowest BCUT2D eigenvalue weighted by Crippen LogP contribution is -2.21. The molecule has 1 heterocycles. The van der Waals surface area contributed by atoms with Crippen molar-refractivity contribution in [3.63, 3.8) is 0 Å². The molecule has 1 fully saturated rings. The predicted molar refractivity (Wildman–Crippen MR) is 46.2 cm³/mol. The molecule has 0 bridgehead atoms. The van der Waals surface area contributed by atoms with Gasteiger partial charge in [0.25, 0.3) is 0 Å². The molecule has 1 saturated heterocycles. The second kappa shape index (κ2) is 2.77. The van der Waals surface area contributed by atoms with Gasteiger partial charge in [0.2, 0.25) is 0 Å². The van der Waals surface area contributed by atoms with E-state index in [4.69, 9.17) is 0 Å². The fourth-order valence-corrected chi connectivity index (χ4v) is 4.45. The van der Waals surface area contributed by atoms with Crippen LogP contribution in [0.25, 0.3) is 0 Å². The van der Waals surface area contributed by atoms with E-state index in [1.807, 2.05) is 20.8 Å². The maximum atomic E-state index is 11.4. The molecule has 0 aliphatic carbocycles. The summed E-state index contributed by atoms with van der Waals surface area (Å²) < 4.78 is 22.8. The number of sulfone groups is 1. The quantitative estimate of drug-likeness (QED) is 0.606. The van der Waals surface area contributed by atoms with Gasteiger partial charge in [-0.3, -0.25) is 0 Å². The molecule has 1 rings (SSSR count). The van der Waals surface area contributed by atoms with E-state index in [1.54, 1.807) is 0 Å². The summed E-state index contributed by atoms with van der Waals surface area (Å²) in [7, 11) is -2.74. The summed E-state index contributed by atoms with van der Waals surface area (Å²) in [6, 6.07) is 0. The van der Waals surface area contributed by atoms with Crippen molar-refractivity contribution >= 4 is 9.84 Å². The van der Waals surface area contributed by atoms with E-state index in [1.165, 1.54) is 0 Å². The van der Waals surface area contributed by atoms with Crippen molar-refractivity contribution in [2.24, 2.45) is 11.8 Å². The summed E-state index contributed by atoms with van der Waals surface area (Å²) in [5.41, 5.74) is 0. The largest absolute Gasteiger partial charge is 0.229 e. The van der Waals surface area contributed by atoms with Gasteiger partial charge in [0.05, 0.1) is 11.0 Å². The molecule has 0 aromatic rings. The van der Waals surface area contributed by atoms with E-state index < -0.39 is 9.84 Å². The van der Waals surface area contributed by atoms with Crippen LogP contribution in [0.5, 0.6) is 0 Å². The molecule has 0 radical (unpaired) electrons. The summed E-state index contributed by atoms with van der Waals surface area (Å²) in [6.07, 6.45) is 0.861. The summed E-state index contributed by atoms with van der Waals surface area (Å²) in [5.74, 6) is 1.05. The van der Waals surface area contributed by atoms with Gasteiger partial charge in [-0.05, 0) is 18.3 Å². The highest BCUT2D eigenvalue weighted by atomic mass is 32.2. The van der Waals surface area contributed by atoms with Crippen molar-refractivity contribution in [3.05, 3.63) is 0 Å². The Balaban J connectivity index is 2.83. The first-order chi connectivity index (χ1) is 4.93. The highest BCUT2D eigenvalue weighted by molar-refractivity contribution is 7.92. The third kappa shape index (κ3) is 1.75. The van der Waals surface area contributed by atoms with Crippen molar-refractivity contribution in [1.82, 2.24) is 0 Å². The van der Waals surface area contributed by atoms with Crippen LogP contribution in [0.1, 0.15) is 27.2 Å². The third-order valence-corrected chi connectivity index (χ3v) is 5.05. The second-order valence-electron chi connectivity index (χ2n) is 3.95. The predicted octanol–water partition coefficient (Wildman–Crippen LogP) is 1.47. The fraction of sp³-hybridized carbons (Fsp3) is 1.00. The highest BCUT2D eigenvalue weighted by Gasteiger charge is 2.37. The molecule has 0 aromatic carbocycles. The van der Waals surface area contributed by atoms with Gasteiger partial charge < -0.3 is 0 Å². The van der Waals surface area contributed by atoms with Crippen molar-refractivity contribution in [1.29, 1.82) is 0 Å². The van der Waals surface area contributed by atoms with Crippen molar-refractivity contribution in [3.8, 4) is 0 Å². The molecule has 0 amide bonds. The van der Waals surface area contributed by atoms with Crippen LogP contribution in [0.2, 0.25) is 0 Å². The highest BCUT2D eigenvalue weighted by Crippen LogP contribution is 2.30. The molecular weight excluding hydrogens is 160 g/mol. The van der Waals surface area contributed by atoms with Gasteiger partial charge in [0, 0.05) is 0 Å². The lowest BCUT2D eigenvalue weighted by molar-refractivity contribution is 0.507. The number of rotatable bonds is 1. The summed E-state index contributed by atoms with van der Waals surface area (Å²) in [4.78, 5) is 0. The van der Waals surface area contributed by atoms with E-state index >= 15 is 0 Å². The summed E-state index contributed by atoms with van der Waals surface area (Å²) >= 11 is 0. The monoisotopic (exact) mass is 176 g/mol. The molecule has 11 heavy (non-hydrogen) atoms. The Labute approximate surface area is 68.9 Å². The number of hydrogen-bond acceptors (Lipinski definition) is 2. The van der Waals surface area contributed by atoms with E-state index in [9.17, 15) is 8.42 Å². The van der Waals surface area contributed by atoms with Crippen molar-refractivity contribution in [2.75, 3.05) is 5.75 Å². The molecule has 2 unspecified atom stereocenters. The topological polar surface area (TPSA) is 34.1 Å². The van der Waals surface area contributed by atoms with Gasteiger partial charge in [-0.1, -0.05) is 20.8 Å². The van der Waals surface area contributed by atoms with Gasteiger partial charge in [0.15, 0.2) is 9.84 Å². The van der Waals surface area contributed by atoms with Crippen LogP contribution in [0.3, 0.4) is 0 Å². The Hall–Kier alpha value is -0.0500.